The van der Waals surface area contributed by atoms with E-state index in [4.69, 9.17) is 0 Å². The van der Waals surface area contributed by atoms with Crippen molar-refractivity contribution in [3.63, 3.8) is 0 Å². The summed E-state index contributed by atoms with van der Waals surface area (Å²) in [6.45, 7) is 5.66. The summed E-state index contributed by atoms with van der Waals surface area (Å²) in [6, 6.07) is 15.6. The first kappa shape index (κ1) is 26.6. The number of aliphatic hydroxyl groups excluding tert-OH is 1. The van der Waals surface area contributed by atoms with Gasteiger partial charge in [-0.05, 0) is 56.5 Å². The van der Waals surface area contributed by atoms with Crippen LogP contribution in [0.2, 0.25) is 0 Å². The molecule has 3 amide bonds. The summed E-state index contributed by atoms with van der Waals surface area (Å²) in [4.78, 5) is 45.0. The average Bonchev–Trinajstić information content (AvgIpc) is 3.58. The monoisotopic (exact) mass is 536 g/mol. The molecule has 2 unspecified atom stereocenters. The lowest BCUT2D eigenvalue weighted by Crippen LogP contribution is -2.52. The highest BCUT2D eigenvalue weighted by Crippen LogP contribution is 2.67. The summed E-state index contributed by atoms with van der Waals surface area (Å²) in [5.74, 6) is -1.76. The Morgan fingerprint density at radius 1 is 1.11 bits per heavy atom. The van der Waals surface area contributed by atoms with Gasteiger partial charge in [-0.2, -0.15) is 0 Å². The maximum absolute atomic E-state index is 14.2. The molecular weight excluding hydrogens is 500 g/mol. The van der Waals surface area contributed by atoms with Crippen LogP contribution in [0, 0.1) is 11.8 Å². The van der Waals surface area contributed by atoms with Crippen LogP contribution in [0.5, 0.6) is 0 Å². The molecule has 3 aliphatic heterocycles. The van der Waals surface area contributed by atoms with Crippen LogP contribution in [0.4, 0.5) is 11.4 Å². The lowest BCUT2D eigenvalue weighted by Gasteiger charge is -2.37. The molecule has 0 aliphatic carbocycles. The minimum atomic E-state index is -0.815. The van der Waals surface area contributed by atoms with Crippen molar-refractivity contribution >= 4 is 40.9 Å². The largest absolute Gasteiger partial charge is 0.394 e. The Morgan fingerprint density at radius 3 is 2.39 bits per heavy atom. The molecule has 5 rings (SSSR count). The summed E-state index contributed by atoms with van der Waals surface area (Å²) >= 11 is 1.62. The normalized spacial score (nSPS) is 28.2. The van der Waals surface area contributed by atoms with Gasteiger partial charge in [-0.25, -0.2) is 0 Å². The van der Waals surface area contributed by atoms with E-state index < -0.39 is 28.7 Å². The summed E-state index contributed by atoms with van der Waals surface area (Å²) in [5.41, 5.74) is 2.49. The molecule has 2 aromatic carbocycles. The van der Waals surface area contributed by atoms with Crippen LogP contribution in [0.15, 0.2) is 54.6 Å². The van der Waals surface area contributed by atoms with Crippen molar-refractivity contribution < 1.29 is 19.5 Å². The van der Waals surface area contributed by atoms with E-state index in [2.05, 4.69) is 29.4 Å². The van der Waals surface area contributed by atoms with E-state index in [-0.39, 0.29) is 29.6 Å². The number of thioether (sulfide) groups is 1. The number of anilines is 2. The van der Waals surface area contributed by atoms with Crippen LogP contribution in [-0.2, 0) is 14.4 Å². The van der Waals surface area contributed by atoms with Crippen LogP contribution >= 0.6 is 11.8 Å². The summed E-state index contributed by atoms with van der Waals surface area (Å²) in [6.07, 6.45) is 1.45. The van der Waals surface area contributed by atoms with Crippen molar-refractivity contribution in [2.45, 2.75) is 48.8 Å². The predicted molar refractivity (Wildman–Crippen MR) is 150 cm³/mol. The van der Waals surface area contributed by atoms with Crippen molar-refractivity contribution in [3.8, 4) is 0 Å². The van der Waals surface area contributed by atoms with Gasteiger partial charge >= 0.3 is 0 Å². The van der Waals surface area contributed by atoms with Gasteiger partial charge in [0, 0.05) is 36.8 Å². The van der Waals surface area contributed by atoms with Gasteiger partial charge < -0.3 is 25.5 Å². The number of carbonyl (C=O) groups is 3. The molecule has 3 N–H and O–H groups in total. The fourth-order valence-corrected chi connectivity index (χ4v) is 8.98. The Balaban J connectivity index is 1.52. The Kier molecular flexibility index (Phi) is 7.42. The van der Waals surface area contributed by atoms with Gasteiger partial charge in [-0.15, -0.1) is 11.8 Å². The third kappa shape index (κ3) is 4.16. The second-order valence-electron chi connectivity index (χ2n) is 10.2. The van der Waals surface area contributed by atoms with E-state index in [1.54, 1.807) is 23.7 Å². The Labute approximate surface area is 228 Å². The zero-order valence-corrected chi connectivity index (χ0v) is 22.9. The molecule has 0 radical (unpaired) electrons. The van der Waals surface area contributed by atoms with E-state index in [1.807, 2.05) is 54.6 Å². The van der Waals surface area contributed by atoms with Gasteiger partial charge in [0.1, 0.15) is 6.04 Å². The number of hydrogen-bond donors (Lipinski definition) is 3. The molecular formula is C29H36N4O4S. The maximum atomic E-state index is 14.2. The van der Waals surface area contributed by atoms with Crippen molar-refractivity contribution in [3.05, 3.63) is 60.2 Å². The quantitative estimate of drug-likeness (QED) is 0.456. The number of aliphatic hydroxyl groups is 1. The second-order valence-corrected chi connectivity index (χ2v) is 11.8. The van der Waals surface area contributed by atoms with Crippen LogP contribution in [-0.4, -0.2) is 70.5 Å². The smallest absolute Gasteiger partial charge is 0.248 e. The van der Waals surface area contributed by atoms with E-state index >= 15 is 0 Å². The molecule has 0 saturated carbocycles. The molecule has 38 heavy (non-hydrogen) atoms. The summed E-state index contributed by atoms with van der Waals surface area (Å²) in [5, 5.41) is 16.3. The van der Waals surface area contributed by atoms with Gasteiger partial charge in [0.05, 0.1) is 29.2 Å². The number of carbonyl (C=O) groups excluding carboxylic acids is 3. The van der Waals surface area contributed by atoms with Crippen molar-refractivity contribution in [2.75, 3.05) is 37.0 Å². The number of hydrogen-bond acceptors (Lipinski definition) is 6. The molecule has 8 nitrogen and oxygen atoms in total. The predicted octanol–water partition coefficient (Wildman–Crippen LogP) is 3.04. The van der Waals surface area contributed by atoms with Crippen molar-refractivity contribution in [1.82, 2.24) is 10.2 Å². The highest BCUT2D eigenvalue weighted by atomic mass is 32.2. The fraction of sp³-hybridized carbons (Fsp3) is 0.483. The number of rotatable bonds is 9. The van der Waals surface area contributed by atoms with E-state index in [1.165, 1.54) is 0 Å². The third-order valence-corrected chi connectivity index (χ3v) is 10.4. The topological polar surface area (TPSA) is 102 Å². The molecule has 202 valence electrons. The number of fused-ring (bicyclic) bond motifs is 1. The average molecular weight is 537 g/mol. The van der Waals surface area contributed by atoms with Gasteiger partial charge in [0.2, 0.25) is 17.7 Å². The number of nitrogens with zero attached hydrogens (tertiary/aromatic N) is 2. The van der Waals surface area contributed by atoms with Crippen LogP contribution in [0.25, 0.3) is 0 Å². The zero-order valence-electron chi connectivity index (χ0n) is 22.1. The first-order valence-electron chi connectivity index (χ1n) is 13.4. The van der Waals surface area contributed by atoms with Crippen LogP contribution in [0.3, 0.4) is 0 Å². The van der Waals surface area contributed by atoms with E-state index in [0.29, 0.717) is 12.1 Å². The molecule has 0 aromatic heterocycles. The minimum Gasteiger partial charge on any atom is -0.394 e. The number of nitrogens with one attached hydrogen (secondary N) is 2. The first-order chi connectivity index (χ1) is 18.4. The van der Waals surface area contributed by atoms with Crippen molar-refractivity contribution in [1.29, 1.82) is 0 Å². The SMILES string of the molecule is CCN(CC)c1ccc(NC(=O)C2N([C@H](CO)c3ccccc3)C(=O)[C@@H]3[C@@H](C(=O)NC)[C@H]4CCC23S4)cc1. The molecule has 2 bridgehead atoms. The molecule has 3 fully saturated rings. The Bertz CT molecular complexity index is 1190. The molecule has 1 spiro atoms. The standard InChI is InChI=1S/C29H36N4O4S/c1-4-32(5-2)20-13-11-19(12-14-20)31-27(36)25-29-16-15-22(38-29)23(26(35)30-3)24(29)28(37)33(25)21(17-34)18-9-7-6-8-10-18/h6-14,21-25,34H,4-5,15-17H2,1-3H3,(H,30,35)(H,31,36)/t21-,22-,23+,24+,25?,29?/m1/s1. The number of benzene rings is 2. The molecule has 6 atom stereocenters. The summed E-state index contributed by atoms with van der Waals surface area (Å²) in [7, 11) is 1.59. The number of amides is 3. The first-order valence-corrected chi connectivity index (χ1v) is 14.3. The van der Waals surface area contributed by atoms with Crippen molar-refractivity contribution in [2.24, 2.45) is 11.8 Å². The second kappa shape index (κ2) is 10.6. The highest BCUT2D eigenvalue weighted by Gasteiger charge is 2.74. The van der Waals surface area contributed by atoms with E-state index in [0.717, 1.165) is 30.8 Å². The van der Waals surface area contributed by atoms with Crippen LogP contribution < -0.4 is 15.5 Å². The fourth-order valence-electron chi connectivity index (χ4n) is 6.78. The van der Waals surface area contributed by atoms with Gasteiger partial charge in [0.25, 0.3) is 0 Å². The van der Waals surface area contributed by atoms with Gasteiger partial charge in [0.15, 0.2) is 0 Å². The molecule has 3 heterocycles. The lowest BCUT2D eigenvalue weighted by atomic mass is 9.70. The summed E-state index contributed by atoms with van der Waals surface area (Å²) < 4.78 is -0.716. The Hall–Kier alpha value is -3.04. The zero-order chi connectivity index (χ0) is 27.0. The Morgan fingerprint density at radius 2 is 1.79 bits per heavy atom. The minimum absolute atomic E-state index is 0.000920. The van der Waals surface area contributed by atoms with Crippen LogP contribution in [0.1, 0.15) is 38.3 Å². The highest BCUT2D eigenvalue weighted by molar-refractivity contribution is 8.02. The van der Waals surface area contributed by atoms with Gasteiger partial charge in [-0.3, -0.25) is 14.4 Å². The third-order valence-electron chi connectivity index (χ3n) is 8.49. The van der Waals surface area contributed by atoms with E-state index in [9.17, 15) is 19.5 Å². The molecule has 3 saturated heterocycles. The molecule has 3 aliphatic rings. The lowest BCUT2D eigenvalue weighted by molar-refractivity contribution is -0.142. The molecule has 2 aromatic rings. The maximum Gasteiger partial charge on any atom is 0.248 e. The van der Waals surface area contributed by atoms with Gasteiger partial charge in [-0.1, -0.05) is 30.3 Å². The number of likely N-dealkylation sites (tertiary alicyclic amines) is 1. The molecule has 9 heteroatoms.